The minimum Gasteiger partial charge on any atom is -0.343 e. The number of nitrogens with zero attached hydrogens (tertiary/aromatic N) is 2. The average Bonchev–Trinajstić information content (AvgIpc) is 2.91. The van der Waals surface area contributed by atoms with E-state index in [4.69, 9.17) is 5.73 Å². The molecule has 21 heavy (non-hydrogen) atoms. The van der Waals surface area contributed by atoms with Gasteiger partial charge in [0.25, 0.3) is 0 Å². The van der Waals surface area contributed by atoms with Crippen LogP contribution in [0.4, 0.5) is 0 Å². The Morgan fingerprint density at radius 1 is 1.29 bits per heavy atom. The normalized spacial score (nSPS) is 11.8. The third-order valence-corrected chi connectivity index (χ3v) is 4.79. The van der Waals surface area contributed by atoms with Gasteiger partial charge in [0.1, 0.15) is 0 Å². The van der Waals surface area contributed by atoms with Crippen LogP contribution in [0.1, 0.15) is 22.5 Å². The molecule has 114 valence electrons. The van der Waals surface area contributed by atoms with Crippen LogP contribution < -0.4 is 10.5 Å². The van der Waals surface area contributed by atoms with Crippen LogP contribution in [0.25, 0.3) is 0 Å². The van der Waals surface area contributed by atoms with E-state index < -0.39 is 10.0 Å². The number of hydrogen-bond acceptors (Lipinski definition) is 6. The van der Waals surface area contributed by atoms with Crippen molar-refractivity contribution in [3.63, 3.8) is 0 Å². The Balaban J connectivity index is 2.15. The first-order valence-corrected chi connectivity index (χ1v) is 7.97. The van der Waals surface area contributed by atoms with Gasteiger partial charge in [-0.15, -0.1) is 0 Å². The van der Waals surface area contributed by atoms with Crippen molar-refractivity contribution in [2.45, 2.75) is 31.7 Å². The zero-order valence-corrected chi connectivity index (χ0v) is 12.8. The summed E-state index contributed by atoms with van der Waals surface area (Å²) in [7, 11) is -3.59. The largest absolute Gasteiger partial charge is 0.343 e. The van der Waals surface area contributed by atoms with E-state index in [2.05, 4.69) is 19.4 Å². The minimum absolute atomic E-state index is 0.202. The zero-order valence-electron chi connectivity index (χ0n) is 12.0. The van der Waals surface area contributed by atoms with Gasteiger partial charge >= 0.3 is 0 Å². The molecule has 0 saturated carbocycles. The summed E-state index contributed by atoms with van der Waals surface area (Å²) in [5.74, 6) is 0.459. The summed E-state index contributed by atoms with van der Waals surface area (Å²) < 4.78 is 31.8. The van der Waals surface area contributed by atoms with Crippen LogP contribution in [0.5, 0.6) is 0 Å². The van der Waals surface area contributed by atoms with Crippen molar-refractivity contribution < 1.29 is 12.9 Å². The van der Waals surface area contributed by atoms with Gasteiger partial charge in [-0.05, 0) is 36.6 Å². The third-order valence-electron chi connectivity index (χ3n) is 3.19. The fourth-order valence-corrected chi connectivity index (χ4v) is 3.37. The Morgan fingerprint density at radius 2 is 2.05 bits per heavy atom. The summed E-state index contributed by atoms with van der Waals surface area (Å²) in [4.78, 5) is 4.09. The summed E-state index contributed by atoms with van der Waals surface area (Å²) in [6.07, 6.45) is 1.58. The molecule has 3 N–H and O–H groups in total. The molecule has 0 amide bonds. The second-order valence-corrected chi connectivity index (χ2v) is 6.48. The number of nitrogens with two attached hydrogens (primary N) is 1. The van der Waals surface area contributed by atoms with Gasteiger partial charge in [0.2, 0.25) is 16.4 Å². The molecule has 2 rings (SSSR count). The number of nitrogens with one attached hydrogen (secondary N) is 1. The Bertz CT molecular complexity index is 711. The quantitative estimate of drug-likeness (QED) is 0.811. The van der Waals surface area contributed by atoms with E-state index >= 15 is 0 Å². The first-order valence-electron chi connectivity index (χ1n) is 6.49. The van der Waals surface area contributed by atoms with Gasteiger partial charge in [0.05, 0.1) is 4.90 Å². The van der Waals surface area contributed by atoms with Crippen LogP contribution >= 0.6 is 0 Å². The van der Waals surface area contributed by atoms with Crippen LogP contribution in [-0.2, 0) is 23.0 Å². The lowest BCUT2D eigenvalue weighted by Gasteiger charge is -2.12. The number of aryl methyl sites for hydroxylation is 2. The molecule has 0 unspecified atom stereocenters. The first kappa shape index (κ1) is 15.6. The molecule has 0 aliphatic carbocycles. The summed E-state index contributed by atoms with van der Waals surface area (Å²) in [5, 5.41) is 3.63. The molecule has 7 nitrogen and oxygen atoms in total. The van der Waals surface area contributed by atoms with Gasteiger partial charge in [0.15, 0.2) is 5.82 Å². The van der Waals surface area contributed by atoms with Crippen molar-refractivity contribution in [1.29, 1.82) is 0 Å². The number of hydrogen-bond donors (Lipinski definition) is 2. The van der Waals surface area contributed by atoms with E-state index in [9.17, 15) is 8.42 Å². The topological polar surface area (TPSA) is 111 Å². The first-order chi connectivity index (χ1) is 9.94. The number of aromatic nitrogens is 2. The molecule has 0 aliphatic rings. The van der Waals surface area contributed by atoms with Gasteiger partial charge in [0, 0.05) is 19.5 Å². The second kappa shape index (κ2) is 6.33. The van der Waals surface area contributed by atoms with Crippen molar-refractivity contribution in [3.8, 4) is 0 Å². The number of benzene rings is 1. The lowest BCUT2D eigenvalue weighted by Crippen LogP contribution is -2.27. The van der Waals surface area contributed by atoms with E-state index in [0.717, 1.165) is 11.1 Å². The summed E-state index contributed by atoms with van der Waals surface area (Å²) in [5.41, 5.74) is 8.13. The van der Waals surface area contributed by atoms with Gasteiger partial charge in [-0.2, -0.15) is 4.98 Å². The zero-order chi connectivity index (χ0) is 15.5. The Morgan fingerprint density at radius 3 is 2.67 bits per heavy atom. The maximum absolute atomic E-state index is 12.3. The van der Waals surface area contributed by atoms with Crippen LogP contribution in [0.2, 0.25) is 0 Å². The highest BCUT2D eigenvalue weighted by Gasteiger charge is 2.18. The fourth-order valence-electron chi connectivity index (χ4n) is 2.06. The third kappa shape index (κ3) is 3.66. The maximum atomic E-state index is 12.3. The summed E-state index contributed by atoms with van der Waals surface area (Å²) in [6.45, 7) is 4.18. The van der Waals surface area contributed by atoms with Crippen LogP contribution in [0.3, 0.4) is 0 Å². The van der Waals surface area contributed by atoms with Crippen molar-refractivity contribution in [1.82, 2.24) is 14.9 Å². The predicted molar refractivity (Wildman–Crippen MR) is 77.0 cm³/mol. The van der Waals surface area contributed by atoms with Gasteiger partial charge in [-0.3, -0.25) is 0 Å². The average molecular weight is 310 g/mol. The van der Waals surface area contributed by atoms with Crippen LogP contribution in [0.15, 0.2) is 27.9 Å². The Kier molecular flexibility index (Phi) is 4.71. The molecule has 1 heterocycles. The van der Waals surface area contributed by atoms with Gasteiger partial charge < -0.3 is 10.3 Å². The molecule has 0 fully saturated rings. The van der Waals surface area contributed by atoms with Crippen molar-refractivity contribution in [2.75, 3.05) is 6.54 Å². The molecule has 1 aromatic heterocycles. The van der Waals surface area contributed by atoms with E-state index in [-0.39, 0.29) is 11.4 Å². The molecular weight excluding hydrogens is 292 g/mol. The summed E-state index contributed by atoms with van der Waals surface area (Å²) in [6, 6.07) is 3.46. The minimum atomic E-state index is -3.59. The van der Waals surface area contributed by atoms with Crippen molar-refractivity contribution >= 4 is 10.0 Å². The standard InChI is InChI=1S/C13H18N4O3S/c1-9-5-10(2)12(6-11(9)7-14)21(18,19)16-4-3-13-15-8-20-17-13/h5-6,8,16H,3-4,7,14H2,1-2H3. The lowest BCUT2D eigenvalue weighted by atomic mass is 10.1. The SMILES string of the molecule is Cc1cc(C)c(S(=O)(=O)NCCc2ncon2)cc1CN. The molecule has 8 heteroatoms. The molecule has 0 radical (unpaired) electrons. The Hall–Kier alpha value is -1.77. The molecule has 0 spiro atoms. The fraction of sp³-hybridized carbons (Fsp3) is 0.385. The van der Waals surface area contributed by atoms with Crippen molar-refractivity contribution in [3.05, 3.63) is 41.0 Å². The van der Waals surface area contributed by atoms with Crippen LogP contribution in [0, 0.1) is 13.8 Å². The number of sulfonamides is 1. The van der Waals surface area contributed by atoms with E-state index in [1.54, 1.807) is 13.0 Å². The molecule has 0 saturated heterocycles. The van der Waals surface area contributed by atoms with E-state index in [0.29, 0.717) is 24.4 Å². The molecular formula is C13H18N4O3S. The highest BCUT2D eigenvalue weighted by atomic mass is 32.2. The highest BCUT2D eigenvalue weighted by molar-refractivity contribution is 7.89. The van der Waals surface area contributed by atoms with Gasteiger partial charge in [-0.1, -0.05) is 11.2 Å². The van der Waals surface area contributed by atoms with E-state index in [1.807, 2.05) is 13.0 Å². The molecule has 2 aromatic rings. The van der Waals surface area contributed by atoms with Gasteiger partial charge in [-0.25, -0.2) is 13.1 Å². The molecule has 0 aliphatic heterocycles. The molecule has 0 bridgehead atoms. The molecule has 0 atom stereocenters. The summed E-state index contributed by atoms with van der Waals surface area (Å²) >= 11 is 0. The monoisotopic (exact) mass is 310 g/mol. The Labute approximate surface area is 123 Å². The van der Waals surface area contributed by atoms with E-state index in [1.165, 1.54) is 6.39 Å². The smallest absolute Gasteiger partial charge is 0.240 e. The van der Waals surface area contributed by atoms with Crippen molar-refractivity contribution in [2.24, 2.45) is 5.73 Å². The van der Waals surface area contributed by atoms with Crippen LogP contribution in [-0.4, -0.2) is 25.1 Å². The molecule has 1 aromatic carbocycles. The highest BCUT2D eigenvalue weighted by Crippen LogP contribution is 2.20. The lowest BCUT2D eigenvalue weighted by molar-refractivity contribution is 0.410. The number of rotatable bonds is 6. The predicted octanol–water partition coefficient (Wildman–Crippen LogP) is 0.666. The second-order valence-electron chi connectivity index (χ2n) is 4.74. The maximum Gasteiger partial charge on any atom is 0.240 e.